The fourth-order valence-electron chi connectivity index (χ4n) is 3.22. The Labute approximate surface area is 142 Å². The molecule has 0 radical (unpaired) electrons. The first kappa shape index (κ1) is 21.7. The van der Waals surface area contributed by atoms with E-state index < -0.39 is 0 Å². The summed E-state index contributed by atoms with van der Waals surface area (Å²) in [5, 5.41) is 0. The molecular weight excluding hydrogens is 264 g/mol. The van der Waals surface area contributed by atoms with Gasteiger partial charge >= 0.3 is 0 Å². The zero-order chi connectivity index (χ0) is 16.3. The first-order valence-corrected chi connectivity index (χ1v) is 10.5. The van der Waals surface area contributed by atoms with E-state index in [1.807, 2.05) is 0 Å². The average Bonchev–Trinajstić information content (AvgIpc) is 2.54. The highest BCUT2D eigenvalue weighted by Crippen LogP contribution is 2.19. The Morgan fingerprint density at radius 3 is 1.55 bits per heavy atom. The van der Waals surface area contributed by atoms with Crippen molar-refractivity contribution in [2.75, 3.05) is 0 Å². The van der Waals surface area contributed by atoms with Gasteiger partial charge in [0.25, 0.3) is 0 Å². The van der Waals surface area contributed by atoms with Crippen LogP contribution in [0.1, 0.15) is 124 Å². The second kappa shape index (κ2) is 18.8. The fourth-order valence-corrected chi connectivity index (χ4v) is 3.22. The van der Waals surface area contributed by atoms with E-state index in [-0.39, 0.29) is 0 Å². The number of hydrogen-bond acceptors (Lipinski definition) is 0. The van der Waals surface area contributed by atoms with Crippen molar-refractivity contribution in [3.05, 3.63) is 12.2 Å². The van der Waals surface area contributed by atoms with Crippen molar-refractivity contribution in [1.29, 1.82) is 0 Å². The third kappa shape index (κ3) is 16.1. The van der Waals surface area contributed by atoms with E-state index in [1.165, 1.54) is 103 Å². The van der Waals surface area contributed by atoms with E-state index in [0.29, 0.717) is 0 Å². The molecule has 0 aliphatic rings. The SMILES string of the molecule is CCC=CCC(CC)CCCCCCCCCCCCCC. The maximum atomic E-state index is 2.40. The van der Waals surface area contributed by atoms with Crippen molar-refractivity contribution >= 4 is 0 Å². The lowest BCUT2D eigenvalue weighted by molar-refractivity contribution is 0.440. The van der Waals surface area contributed by atoms with Gasteiger partial charge < -0.3 is 0 Å². The normalized spacial score (nSPS) is 13.0. The van der Waals surface area contributed by atoms with Crippen LogP contribution in [0.15, 0.2) is 12.2 Å². The van der Waals surface area contributed by atoms with Crippen LogP contribution in [0.5, 0.6) is 0 Å². The zero-order valence-corrected chi connectivity index (χ0v) is 16.0. The molecule has 0 saturated heterocycles. The fraction of sp³-hybridized carbons (Fsp3) is 0.909. The van der Waals surface area contributed by atoms with Crippen LogP contribution in [0.3, 0.4) is 0 Å². The molecule has 0 amide bonds. The Hall–Kier alpha value is -0.260. The summed E-state index contributed by atoms with van der Waals surface area (Å²) >= 11 is 0. The molecule has 0 saturated carbocycles. The van der Waals surface area contributed by atoms with Crippen molar-refractivity contribution in [3.8, 4) is 0 Å². The zero-order valence-electron chi connectivity index (χ0n) is 16.0. The molecule has 0 heteroatoms. The van der Waals surface area contributed by atoms with Gasteiger partial charge in [0, 0.05) is 0 Å². The minimum absolute atomic E-state index is 0.936. The van der Waals surface area contributed by atoms with Crippen LogP contribution in [0.4, 0.5) is 0 Å². The highest BCUT2D eigenvalue weighted by molar-refractivity contribution is 4.82. The molecule has 0 heterocycles. The molecule has 0 nitrogen and oxygen atoms in total. The van der Waals surface area contributed by atoms with Crippen LogP contribution < -0.4 is 0 Å². The predicted octanol–water partition coefficient (Wildman–Crippen LogP) is 8.46. The number of unbranched alkanes of at least 4 members (excludes halogenated alkanes) is 11. The van der Waals surface area contributed by atoms with Gasteiger partial charge in [0.1, 0.15) is 0 Å². The van der Waals surface area contributed by atoms with Gasteiger partial charge in [-0.2, -0.15) is 0 Å². The monoisotopic (exact) mass is 308 g/mol. The molecule has 0 aliphatic heterocycles. The molecule has 22 heavy (non-hydrogen) atoms. The van der Waals surface area contributed by atoms with E-state index in [0.717, 1.165) is 5.92 Å². The van der Waals surface area contributed by atoms with Crippen LogP contribution in [0, 0.1) is 5.92 Å². The number of allylic oxidation sites excluding steroid dienone is 2. The van der Waals surface area contributed by atoms with Gasteiger partial charge in [0.2, 0.25) is 0 Å². The molecule has 0 aliphatic carbocycles. The van der Waals surface area contributed by atoms with Crippen molar-refractivity contribution < 1.29 is 0 Å². The van der Waals surface area contributed by atoms with Crippen LogP contribution in [-0.4, -0.2) is 0 Å². The summed E-state index contributed by atoms with van der Waals surface area (Å²) in [6.45, 7) is 6.87. The highest BCUT2D eigenvalue weighted by Gasteiger charge is 2.03. The van der Waals surface area contributed by atoms with Gasteiger partial charge in [-0.05, 0) is 18.8 Å². The summed E-state index contributed by atoms with van der Waals surface area (Å²) < 4.78 is 0. The lowest BCUT2D eigenvalue weighted by atomic mass is 9.94. The summed E-state index contributed by atoms with van der Waals surface area (Å²) in [5.74, 6) is 0.936. The topological polar surface area (TPSA) is 0 Å². The first-order valence-electron chi connectivity index (χ1n) is 10.5. The van der Waals surface area contributed by atoms with Gasteiger partial charge in [0.05, 0.1) is 0 Å². The molecule has 0 aromatic rings. The maximum Gasteiger partial charge on any atom is -0.0322 e. The molecule has 0 bridgehead atoms. The Bertz CT molecular complexity index is 216. The van der Waals surface area contributed by atoms with Crippen LogP contribution in [0.25, 0.3) is 0 Å². The average molecular weight is 309 g/mol. The maximum absolute atomic E-state index is 2.40. The van der Waals surface area contributed by atoms with Crippen LogP contribution in [-0.2, 0) is 0 Å². The molecule has 132 valence electrons. The van der Waals surface area contributed by atoms with E-state index >= 15 is 0 Å². The van der Waals surface area contributed by atoms with Gasteiger partial charge in [-0.15, -0.1) is 0 Å². The van der Waals surface area contributed by atoms with Crippen molar-refractivity contribution in [2.24, 2.45) is 5.92 Å². The third-order valence-electron chi connectivity index (χ3n) is 4.92. The van der Waals surface area contributed by atoms with E-state index in [2.05, 4.69) is 32.9 Å². The van der Waals surface area contributed by atoms with Gasteiger partial charge in [-0.3, -0.25) is 0 Å². The second-order valence-electron chi connectivity index (χ2n) is 7.07. The molecule has 0 fully saturated rings. The summed E-state index contributed by atoms with van der Waals surface area (Å²) in [7, 11) is 0. The summed E-state index contributed by atoms with van der Waals surface area (Å²) in [5.41, 5.74) is 0. The Kier molecular flexibility index (Phi) is 18.6. The largest absolute Gasteiger partial charge is 0.0888 e. The first-order chi connectivity index (χ1) is 10.8. The smallest absolute Gasteiger partial charge is 0.0322 e. The van der Waals surface area contributed by atoms with Gasteiger partial charge in [-0.25, -0.2) is 0 Å². The van der Waals surface area contributed by atoms with E-state index in [1.54, 1.807) is 0 Å². The summed E-state index contributed by atoms with van der Waals surface area (Å²) in [4.78, 5) is 0. The second-order valence-corrected chi connectivity index (χ2v) is 7.07. The van der Waals surface area contributed by atoms with E-state index in [4.69, 9.17) is 0 Å². The Morgan fingerprint density at radius 2 is 1.09 bits per heavy atom. The molecule has 0 rings (SSSR count). The van der Waals surface area contributed by atoms with Crippen LogP contribution in [0.2, 0.25) is 0 Å². The molecule has 0 N–H and O–H groups in total. The molecule has 0 aromatic carbocycles. The number of rotatable bonds is 17. The minimum Gasteiger partial charge on any atom is -0.0888 e. The number of hydrogen-bond donors (Lipinski definition) is 0. The molecule has 1 atom stereocenters. The lowest BCUT2D eigenvalue weighted by Crippen LogP contribution is -1.97. The van der Waals surface area contributed by atoms with Crippen LogP contribution >= 0.6 is 0 Å². The predicted molar refractivity (Wildman–Crippen MR) is 104 cm³/mol. The van der Waals surface area contributed by atoms with Crippen molar-refractivity contribution in [2.45, 2.75) is 124 Å². The molecule has 0 spiro atoms. The van der Waals surface area contributed by atoms with Gasteiger partial charge in [0.15, 0.2) is 0 Å². The van der Waals surface area contributed by atoms with Gasteiger partial charge in [-0.1, -0.05) is 123 Å². The molecular formula is C22H44. The standard InChI is InChI=1S/C22H44/c1-4-7-9-10-11-12-13-14-15-16-17-19-21-22(6-3)20-18-8-5-2/h8,18,22H,4-7,9-17,19-21H2,1-3H3. The van der Waals surface area contributed by atoms with Crippen molar-refractivity contribution in [3.63, 3.8) is 0 Å². The molecule has 0 aromatic heterocycles. The molecule has 1 unspecified atom stereocenters. The Morgan fingerprint density at radius 1 is 0.591 bits per heavy atom. The Balaban J connectivity index is 3.23. The highest BCUT2D eigenvalue weighted by atomic mass is 14.1. The minimum atomic E-state index is 0.936. The third-order valence-corrected chi connectivity index (χ3v) is 4.92. The van der Waals surface area contributed by atoms with E-state index in [9.17, 15) is 0 Å². The quantitative estimate of drug-likeness (QED) is 0.187. The van der Waals surface area contributed by atoms with Crippen molar-refractivity contribution in [1.82, 2.24) is 0 Å². The summed E-state index contributed by atoms with van der Waals surface area (Å²) in [6, 6.07) is 0. The summed E-state index contributed by atoms with van der Waals surface area (Å²) in [6.07, 6.45) is 27.5. The lowest BCUT2D eigenvalue weighted by Gasteiger charge is -2.12.